The van der Waals surface area contributed by atoms with Gasteiger partial charge < -0.3 is 24.8 Å². The van der Waals surface area contributed by atoms with Crippen LogP contribution < -0.4 is 9.47 Å². The van der Waals surface area contributed by atoms with Crippen molar-refractivity contribution < 1.29 is 29.6 Å². The highest BCUT2D eigenvalue weighted by atomic mass is 79.9. The highest BCUT2D eigenvalue weighted by Gasteiger charge is 2.78. The molecular weight excluding hydrogens is 478 g/mol. The fourth-order valence-corrected chi connectivity index (χ4v) is 5.62. The number of carboxylic acid groups (broad SMARTS) is 1. The van der Waals surface area contributed by atoms with Crippen molar-refractivity contribution in [1.82, 2.24) is 4.98 Å². The molecule has 1 aliphatic carbocycles. The Kier molecular flexibility index (Phi) is 4.77. The third kappa shape index (κ3) is 2.54. The minimum absolute atomic E-state index is 0.0703. The molecule has 8 heteroatoms. The number of pyridine rings is 1. The molecule has 164 valence electrons. The molecule has 5 atom stereocenters. The molecule has 0 saturated heterocycles. The van der Waals surface area contributed by atoms with Crippen molar-refractivity contribution in [1.29, 1.82) is 0 Å². The summed E-state index contributed by atoms with van der Waals surface area (Å²) >= 11 is 3.42. The van der Waals surface area contributed by atoms with E-state index in [-0.39, 0.29) is 17.2 Å². The average molecular weight is 498 g/mol. The molecule has 1 aromatic heterocycles. The molecule has 0 radical (unpaired) electrons. The first-order valence-corrected chi connectivity index (χ1v) is 10.8. The molecule has 3 aromatic rings. The van der Waals surface area contributed by atoms with E-state index in [4.69, 9.17) is 9.47 Å². The molecule has 7 nitrogen and oxygen atoms in total. The summed E-state index contributed by atoms with van der Waals surface area (Å²) in [6, 6.07) is 17.6. The number of fused-ring (bicyclic) bond motifs is 3. The molecule has 0 bridgehead atoms. The van der Waals surface area contributed by atoms with Crippen molar-refractivity contribution in [3.63, 3.8) is 0 Å². The molecule has 2 aliphatic rings. The van der Waals surface area contributed by atoms with Gasteiger partial charge in [0.25, 0.3) is 0 Å². The van der Waals surface area contributed by atoms with Crippen molar-refractivity contribution in [2.75, 3.05) is 7.11 Å². The fraction of sp³-hybridized carbons (Fsp3) is 0.250. The zero-order valence-corrected chi connectivity index (χ0v) is 18.6. The number of hydrogen-bond donors (Lipinski definition) is 3. The van der Waals surface area contributed by atoms with E-state index in [2.05, 4.69) is 20.9 Å². The van der Waals surface area contributed by atoms with Crippen LogP contribution in [-0.4, -0.2) is 39.5 Å². The lowest BCUT2D eigenvalue weighted by Crippen LogP contribution is -2.52. The molecular formula is C24H20BrNO6. The van der Waals surface area contributed by atoms with Gasteiger partial charge >= 0.3 is 5.97 Å². The molecule has 1 saturated carbocycles. The number of benzene rings is 2. The molecule has 0 amide bonds. The second kappa shape index (κ2) is 7.30. The Morgan fingerprint density at radius 3 is 2.44 bits per heavy atom. The first-order chi connectivity index (χ1) is 15.4. The smallest absolute Gasteiger partial charge is 0.310 e. The second-order valence-corrected chi connectivity index (χ2v) is 8.92. The van der Waals surface area contributed by atoms with Gasteiger partial charge in [0.2, 0.25) is 5.88 Å². The maximum absolute atomic E-state index is 12.5. The van der Waals surface area contributed by atoms with Crippen LogP contribution in [0, 0.1) is 5.92 Å². The van der Waals surface area contributed by atoms with E-state index in [0.29, 0.717) is 11.1 Å². The number of carbonyl (C=O) groups is 1. The number of aliphatic hydroxyl groups is 2. The number of aromatic nitrogens is 1. The van der Waals surface area contributed by atoms with Crippen LogP contribution in [0.15, 0.2) is 71.3 Å². The molecule has 2 aromatic carbocycles. The summed E-state index contributed by atoms with van der Waals surface area (Å²) in [5.74, 6) is -3.16. The van der Waals surface area contributed by atoms with Gasteiger partial charge in [-0.15, -0.1) is 0 Å². The standard InChI is InChI=1S/C24H20BrNO6/c1-31-21-19-16(11-12-26-21)32-24(14-7-9-15(25)10-8-14)18(13-5-3-2-4-6-13)17(22(28)29)20(27)23(19,24)30/h2-12,17-18,20,27,30H,1H3,(H,28,29). The van der Waals surface area contributed by atoms with Gasteiger partial charge in [0.1, 0.15) is 11.9 Å². The van der Waals surface area contributed by atoms with Crippen LogP contribution in [0.4, 0.5) is 0 Å². The average Bonchev–Trinajstić information content (AvgIpc) is 3.18. The number of hydrogen-bond acceptors (Lipinski definition) is 6. The van der Waals surface area contributed by atoms with E-state index in [1.807, 2.05) is 6.07 Å². The van der Waals surface area contributed by atoms with Crippen LogP contribution in [0.25, 0.3) is 0 Å². The van der Waals surface area contributed by atoms with Gasteiger partial charge in [0.05, 0.1) is 18.6 Å². The normalized spacial score (nSPS) is 30.3. The first-order valence-electron chi connectivity index (χ1n) is 10.0. The number of halogens is 1. The Morgan fingerprint density at radius 1 is 1.12 bits per heavy atom. The lowest BCUT2D eigenvalue weighted by Gasteiger charge is -2.40. The molecule has 32 heavy (non-hydrogen) atoms. The number of rotatable bonds is 4. The topological polar surface area (TPSA) is 109 Å². The summed E-state index contributed by atoms with van der Waals surface area (Å²) in [5.41, 5.74) is -2.49. The Labute approximate surface area is 192 Å². The third-order valence-corrected chi connectivity index (χ3v) is 7.10. The van der Waals surface area contributed by atoms with Crippen molar-refractivity contribution in [2.24, 2.45) is 5.92 Å². The summed E-state index contributed by atoms with van der Waals surface area (Å²) in [4.78, 5) is 16.7. The predicted octanol–water partition coefficient (Wildman–Crippen LogP) is 3.19. The molecule has 0 spiro atoms. The number of aliphatic carboxylic acids is 1. The van der Waals surface area contributed by atoms with Gasteiger partial charge in [-0.1, -0.05) is 58.4 Å². The Balaban J connectivity index is 1.89. The zero-order valence-electron chi connectivity index (χ0n) is 17.0. The summed E-state index contributed by atoms with van der Waals surface area (Å²) in [6.07, 6.45) is -0.219. The van der Waals surface area contributed by atoms with E-state index in [1.165, 1.54) is 13.3 Å². The van der Waals surface area contributed by atoms with Crippen LogP contribution >= 0.6 is 15.9 Å². The zero-order chi connectivity index (χ0) is 22.7. The lowest BCUT2D eigenvalue weighted by molar-refractivity contribution is -0.159. The molecule has 5 rings (SSSR count). The van der Waals surface area contributed by atoms with Gasteiger partial charge in [0.15, 0.2) is 11.2 Å². The van der Waals surface area contributed by atoms with Gasteiger partial charge in [-0.25, -0.2) is 4.98 Å². The Morgan fingerprint density at radius 2 is 1.81 bits per heavy atom. The van der Waals surface area contributed by atoms with Crippen LogP contribution in [-0.2, 0) is 16.0 Å². The molecule has 5 unspecified atom stereocenters. The summed E-state index contributed by atoms with van der Waals surface area (Å²) in [6.45, 7) is 0. The highest BCUT2D eigenvalue weighted by Crippen LogP contribution is 2.69. The van der Waals surface area contributed by atoms with E-state index >= 15 is 0 Å². The number of methoxy groups -OCH3 is 1. The number of ether oxygens (including phenoxy) is 2. The van der Waals surface area contributed by atoms with Crippen LogP contribution in [0.1, 0.15) is 22.6 Å². The summed E-state index contributed by atoms with van der Waals surface area (Å²) in [5, 5.41) is 34.0. The SMILES string of the molecule is COc1nccc2c1C1(O)C(O)C(C(=O)O)C(c3ccccc3)C1(c1ccc(Br)cc1)O2. The van der Waals surface area contributed by atoms with Crippen molar-refractivity contribution >= 4 is 21.9 Å². The number of nitrogens with zero attached hydrogens (tertiary/aromatic N) is 1. The summed E-state index contributed by atoms with van der Waals surface area (Å²) < 4.78 is 12.7. The monoisotopic (exact) mass is 497 g/mol. The third-order valence-electron chi connectivity index (χ3n) is 6.57. The van der Waals surface area contributed by atoms with Gasteiger partial charge in [0, 0.05) is 16.6 Å². The van der Waals surface area contributed by atoms with Gasteiger partial charge in [-0.2, -0.15) is 0 Å². The van der Waals surface area contributed by atoms with Crippen LogP contribution in [0.3, 0.4) is 0 Å². The second-order valence-electron chi connectivity index (χ2n) is 8.00. The first kappa shape index (κ1) is 20.9. The van der Waals surface area contributed by atoms with E-state index in [9.17, 15) is 20.1 Å². The Bertz CT molecular complexity index is 1190. The predicted molar refractivity (Wildman–Crippen MR) is 117 cm³/mol. The van der Waals surface area contributed by atoms with Gasteiger partial charge in [-0.3, -0.25) is 4.79 Å². The van der Waals surface area contributed by atoms with E-state index in [1.54, 1.807) is 54.6 Å². The quantitative estimate of drug-likeness (QED) is 0.507. The van der Waals surface area contributed by atoms with E-state index < -0.39 is 35.1 Å². The van der Waals surface area contributed by atoms with Gasteiger partial charge in [-0.05, 0) is 29.3 Å². The van der Waals surface area contributed by atoms with Crippen LogP contribution in [0.2, 0.25) is 0 Å². The largest absolute Gasteiger partial charge is 0.481 e. The van der Waals surface area contributed by atoms with Crippen molar-refractivity contribution in [2.45, 2.75) is 23.2 Å². The van der Waals surface area contributed by atoms with Crippen molar-refractivity contribution in [3.05, 3.63) is 88.0 Å². The minimum Gasteiger partial charge on any atom is -0.481 e. The molecule has 3 N–H and O–H groups in total. The number of carboxylic acids is 1. The maximum Gasteiger partial charge on any atom is 0.310 e. The molecule has 1 aliphatic heterocycles. The molecule has 2 heterocycles. The van der Waals surface area contributed by atoms with E-state index in [0.717, 1.165) is 4.47 Å². The summed E-state index contributed by atoms with van der Waals surface area (Å²) in [7, 11) is 1.40. The number of aliphatic hydroxyl groups excluding tert-OH is 1. The lowest BCUT2D eigenvalue weighted by atomic mass is 9.71. The maximum atomic E-state index is 12.5. The minimum atomic E-state index is -2.14. The van der Waals surface area contributed by atoms with Crippen molar-refractivity contribution in [3.8, 4) is 11.6 Å². The molecule has 1 fully saturated rings. The van der Waals surface area contributed by atoms with Crippen LogP contribution in [0.5, 0.6) is 11.6 Å². The highest BCUT2D eigenvalue weighted by molar-refractivity contribution is 9.10. The fourth-order valence-electron chi connectivity index (χ4n) is 5.35. The Hall–Kier alpha value is -2.94.